The van der Waals surface area contributed by atoms with E-state index in [0.717, 1.165) is 18.4 Å². The summed E-state index contributed by atoms with van der Waals surface area (Å²) in [5.41, 5.74) is 0.366. The van der Waals surface area contributed by atoms with Crippen LogP contribution in [0.15, 0.2) is 18.2 Å². The summed E-state index contributed by atoms with van der Waals surface area (Å²) in [4.78, 5) is 0. The van der Waals surface area contributed by atoms with Crippen molar-refractivity contribution in [2.75, 3.05) is 0 Å². The Morgan fingerprint density at radius 2 is 2.32 bits per heavy atom. The van der Waals surface area contributed by atoms with Gasteiger partial charge >= 0.3 is 0 Å². The van der Waals surface area contributed by atoms with E-state index in [0.29, 0.717) is 12.0 Å². The second kappa shape index (κ2) is 4.29. The third-order valence-electron chi connectivity index (χ3n) is 4.48. The second-order valence-electron chi connectivity index (χ2n) is 5.58. The quantitative estimate of drug-likeness (QED) is 0.890. The number of fused-ring (bicyclic) bond motifs is 2. The lowest BCUT2D eigenvalue weighted by Gasteiger charge is -2.33. The third kappa shape index (κ3) is 1.77. The molecule has 2 aliphatic heterocycles. The minimum absolute atomic E-state index is 0.0631. The van der Waals surface area contributed by atoms with E-state index in [-0.39, 0.29) is 12.2 Å². The Bertz CT molecular complexity index is 554. The van der Waals surface area contributed by atoms with Crippen molar-refractivity contribution < 1.29 is 14.2 Å². The van der Waals surface area contributed by atoms with Crippen molar-refractivity contribution in [2.24, 2.45) is 5.41 Å². The molecule has 3 rings (SSSR count). The normalized spacial score (nSPS) is 34.2. The van der Waals surface area contributed by atoms with Crippen LogP contribution >= 0.6 is 0 Å². The van der Waals surface area contributed by atoms with Crippen LogP contribution in [0.3, 0.4) is 0 Å². The van der Waals surface area contributed by atoms with Gasteiger partial charge in [0, 0.05) is 0 Å². The van der Waals surface area contributed by atoms with Crippen LogP contribution in [0.4, 0.5) is 4.39 Å². The Hall–Kier alpha value is -1.44. The van der Waals surface area contributed by atoms with Crippen LogP contribution in [0.25, 0.3) is 0 Å². The molecule has 0 aliphatic carbocycles. The Labute approximate surface area is 111 Å². The molecule has 0 radical (unpaired) electrons. The minimum Gasteiger partial charge on any atom is -0.387 e. The van der Waals surface area contributed by atoms with E-state index in [9.17, 15) is 14.8 Å². The number of nitrogens with zero attached hydrogens (tertiary/aromatic N) is 1. The van der Waals surface area contributed by atoms with E-state index in [1.807, 2.05) is 6.92 Å². The Kier molecular flexibility index (Phi) is 2.84. The van der Waals surface area contributed by atoms with Gasteiger partial charge in [-0.25, -0.2) is 4.39 Å². The summed E-state index contributed by atoms with van der Waals surface area (Å²) in [6, 6.07) is 6.58. The average molecular weight is 261 g/mol. The highest BCUT2D eigenvalue weighted by atomic mass is 19.1. The lowest BCUT2D eigenvalue weighted by Crippen LogP contribution is -2.37. The molecule has 2 aliphatic rings. The van der Waals surface area contributed by atoms with Crippen LogP contribution in [0, 0.1) is 29.5 Å². The molecule has 19 heavy (non-hydrogen) atoms. The van der Waals surface area contributed by atoms with E-state index in [1.165, 1.54) is 12.1 Å². The molecule has 1 aromatic carbocycles. The van der Waals surface area contributed by atoms with Gasteiger partial charge in [-0.2, -0.15) is 5.26 Å². The molecule has 1 aromatic rings. The summed E-state index contributed by atoms with van der Waals surface area (Å²) >= 11 is 0. The molecule has 2 bridgehead atoms. The lowest BCUT2D eigenvalue weighted by molar-refractivity contribution is 0.00298. The molecule has 4 heteroatoms. The number of aryl methyl sites for hydroxylation is 1. The minimum atomic E-state index is -0.997. The zero-order valence-corrected chi connectivity index (χ0v) is 10.8. The molecule has 0 amide bonds. The zero-order valence-electron chi connectivity index (χ0n) is 10.8. The van der Waals surface area contributed by atoms with E-state index in [2.05, 4.69) is 6.07 Å². The highest BCUT2D eigenvalue weighted by Gasteiger charge is 2.57. The maximum Gasteiger partial charge on any atom is 0.123 e. The van der Waals surface area contributed by atoms with Crippen LogP contribution in [-0.2, 0) is 4.74 Å². The van der Waals surface area contributed by atoms with Crippen LogP contribution in [0.1, 0.15) is 36.5 Å². The zero-order chi connectivity index (χ0) is 13.6. The number of aliphatic hydroxyl groups excluding tert-OH is 1. The fourth-order valence-corrected chi connectivity index (χ4v) is 3.39. The van der Waals surface area contributed by atoms with Crippen molar-refractivity contribution in [3.8, 4) is 6.07 Å². The van der Waals surface area contributed by atoms with Gasteiger partial charge in [-0.05, 0) is 49.4 Å². The monoisotopic (exact) mass is 261 g/mol. The van der Waals surface area contributed by atoms with Crippen LogP contribution in [0.5, 0.6) is 0 Å². The number of benzene rings is 1. The smallest absolute Gasteiger partial charge is 0.123 e. The van der Waals surface area contributed by atoms with Crippen LogP contribution < -0.4 is 0 Å². The maximum atomic E-state index is 13.4. The first kappa shape index (κ1) is 12.6. The van der Waals surface area contributed by atoms with Gasteiger partial charge in [-0.3, -0.25) is 0 Å². The fourth-order valence-electron chi connectivity index (χ4n) is 3.39. The standard InChI is InChI=1S/C15H16FNO2/c1-9-2-3-10(16)6-12(9)14(18)15(8-17)7-11-4-5-13(15)19-11/h2-3,6,11,13-14,18H,4-5,7H2,1H3. The summed E-state index contributed by atoms with van der Waals surface area (Å²) in [5.74, 6) is -0.392. The Morgan fingerprint density at radius 1 is 1.53 bits per heavy atom. The average Bonchev–Trinajstić information content (AvgIpc) is 3.01. The number of rotatable bonds is 2. The number of hydrogen-bond donors (Lipinski definition) is 1. The molecule has 3 nitrogen and oxygen atoms in total. The maximum absolute atomic E-state index is 13.4. The van der Waals surface area contributed by atoms with Gasteiger partial charge < -0.3 is 9.84 Å². The number of nitriles is 1. The summed E-state index contributed by atoms with van der Waals surface area (Å²) in [6.07, 6.45) is 1.11. The molecule has 2 heterocycles. The number of aliphatic hydroxyl groups is 1. The first-order chi connectivity index (χ1) is 9.06. The molecule has 100 valence electrons. The fraction of sp³-hybridized carbons (Fsp3) is 0.533. The predicted molar refractivity (Wildman–Crippen MR) is 66.7 cm³/mol. The summed E-state index contributed by atoms with van der Waals surface area (Å²) in [6.45, 7) is 1.82. The van der Waals surface area contributed by atoms with Gasteiger partial charge in [0.1, 0.15) is 17.3 Å². The van der Waals surface area contributed by atoms with Crippen molar-refractivity contribution in [2.45, 2.75) is 44.5 Å². The number of halogens is 1. The number of hydrogen-bond acceptors (Lipinski definition) is 3. The summed E-state index contributed by atoms with van der Waals surface area (Å²) in [5, 5.41) is 20.2. The van der Waals surface area contributed by atoms with E-state index in [1.54, 1.807) is 6.07 Å². The van der Waals surface area contributed by atoms with Crippen LogP contribution in [0.2, 0.25) is 0 Å². The second-order valence-corrected chi connectivity index (χ2v) is 5.58. The van der Waals surface area contributed by atoms with Crippen molar-refractivity contribution in [1.29, 1.82) is 5.26 Å². The molecule has 0 aromatic heterocycles. The van der Waals surface area contributed by atoms with Crippen molar-refractivity contribution >= 4 is 0 Å². The highest BCUT2D eigenvalue weighted by Crippen LogP contribution is 2.54. The van der Waals surface area contributed by atoms with Gasteiger partial charge in [-0.15, -0.1) is 0 Å². The lowest BCUT2D eigenvalue weighted by atomic mass is 9.69. The summed E-state index contributed by atoms with van der Waals surface area (Å²) in [7, 11) is 0. The first-order valence-electron chi connectivity index (χ1n) is 6.57. The van der Waals surface area contributed by atoms with E-state index in [4.69, 9.17) is 4.74 Å². The molecule has 1 N–H and O–H groups in total. The van der Waals surface area contributed by atoms with Crippen LogP contribution in [-0.4, -0.2) is 17.3 Å². The molecular weight excluding hydrogens is 245 g/mol. The van der Waals surface area contributed by atoms with Gasteiger partial charge in [0.2, 0.25) is 0 Å². The SMILES string of the molecule is Cc1ccc(F)cc1C(O)C1(C#N)CC2CCC1O2. The molecule has 4 atom stereocenters. The Balaban J connectivity index is 2.01. The molecule has 2 fully saturated rings. The van der Waals surface area contributed by atoms with Gasteiger partial charge in [0.25, 0.3) is 0 Å². The first-order valence-corrected chi connectivity index (χ1v) is 6.57. The van der Waals surface area contributed by atoms with E-state index >= 15 is 0 Å². The molecule has 0 saturated carbocycles. The van der Waals surface area contributed by atoms with Crippen molar-refractivity contribution in [3.63, 3.8) is 0 Å². The predicted octanol–water partition coefficient (Wildman–Crippen LogP) is 2.63. The van der Waals surface area contributed by atoms with Gasteiger partial charge in [0.05, 0.1) is 18.3 Å². The Morgan fingerprint density at radius 3 is 2.89 bits per heavy atom. The van der Waals surface area contributed by atoms with Gasteiger partial charge in [-0.1, -0.05) is 6.07 Å². The molecular formula is C15H16FNO2. The van der Waals surface area contributed by atoms with Gasteiger partial charge in [0.15, 0.2) is 0 Å². The topological polar surface area (TPSA) is 53.2 Å². The largest absolute Gasteiger partial charge is 0.387 e. The highest BCUT2D eigenvalue weighted by molar-refractivity contribution is 5.33. The number of ether oxygens (including phenoxy) is 1. The van der Waals surface area contributed by atoms with Crippen molar-refractivity contribution in [1.82, 2.24) is 0 Å². The third-order valence-corrected chi connectivity index (χ3v) is 4.48. The molecule has 4 unspecified atom stereocenters. The molecule has 0 spiro atoms. The van der Waals surface area contributed by atoms with E-state index < -0.39 is 17.3 Å². The summed E-state index contributed by atoms with van der Waals surface area (Å²) < 4.78 is 19.1. The molecule has 2 saturated heterocycles. The van der Waals surface area contributed by atoms with Crippen molar-refractivity contribution in [3.05, 3.63) is 35.1 Å².